The highest BCUT2D eigenvalue weighted by atomic mass is 16.5. The second kappa shape index (κ2) is 7.65. The maximum Gasteiger partial charge on any atom is 0.224 e. The summed E-state index contributed by atoms with van der Waals surface area (Å²) in [5, 5.41) is 6.80. The molecule has 2 aromatic rings. The number of nitrogens with zero attached hydrogens (tertiary/aromatic N) is 4. The minimum absolute atomic E-state index is 0.0439. The molecule has 1 N–H and O–H groups in total. The van der Waals surface area contributed by atoms with E-state index in [2.05, 4.69) is 32.3 Å². The topological polar surface area (TPSA) is 74.5 Å². The molecule has 2 aromatic heterocycles. The molecule has 0 radical (unpaired) electrons. The van der Waals surface area contributed by atoms with Crippen molar-refractivity contribution in [2.24, 2.45) is 0 Å². The average molecular weight is 343 g/mol. The van der Waals surface area contributed by atoms with Gasteiger partial charge < -0.3 is 19.6 Å². The first-order valence-corrected chi connectivity index (χ1v) is 8.60. The van der Waals surface area contributed by atoms with E-state index in [4.69, 9.17) is 4.52 Å². The zero-order valence-corrected chi connectivity index (χ0v) is 15.1. The highest BCUT2D eigenvalue weighted by Gasteiger charge is 2.15. The van der Waals surface area contributed by atoms with Crippen LogP contribution in [0.1, 0.15) is 22.6 Å². The molecule has 0 aromatic carbocycles. The second-order valence-electron chi connectivity index (χ2n) is 6.57. The molecule has 1 aliphatic rings. The lowest BCUT2D eigenvalue weighted by Crippen LogP contribution is -2.44. The molecule has 1 saturated heterocycles. The predicted molar refractivity (Wildman–Crippen MR) is 95.5 cm³/mol. The van der Waals surface area contributed by atoms with Crippen LogP contribution in [-0.2, 0) is 17.8 Å². The Morgan fingerprint density at radius 3 is 2.60 bits per heavy atom. The Labute approximate surface area is 148 Å². The minimum Gasteiger partial charge on any atom is -0.361 e. The number of anilines is 1. The zero-order valence-electron chi connectivity index (χ0n) is 15.1. The molecule has 0 bridgehead atoms. The van der Waals surface area contributed by atoms with Gasteiger partial charge in [0.2, 0.25) is 5.91 Å². The van der Waals surface area contributed by atoms with E-state index in [0.717, 1.165) is 48.8 Å². The predicted octanol–water partition coefficient (Wildman–Crippen LogP) is 1.30. The third kappa shape index (κ3) is 4.36. The van der Waals surface area contributed by atoms with Gasteiger partial charge in [-0.05, 0) is 32.5 Å². The lowest BCUT2D eigenvalue weighted by atomic mass is 10.1. The van der Waals surface area contributed by atoms with Crippen molar-refractivity contribution in [2.75, 3.05) is 38.1 Å². The second-order valence-corrected chi connectivity index (χ2v) is 6.57. The van der Waals surface area contributed by atoms with E-state index >= 15 is 0 Å². The number of rotatable bonds is 5. The SMILES string of the molecule is Cc1noc(C)c1CC(=O)NCc1ccc(N2CCN(C)CC2)nc1. The molecule has 0 atom stereocenters. The first kappa shape index (κ1) is 17.4. The van der Waals surface area contributed by atoms with E-state index in [1.165, 1.54) is 0 Å². The van der Waals surface area contributed by atoms with Gasteiger partial charge >= 0.3 is 0 Å². The van der Waals surface area contributed by atoms with Gasteiger partial charge in [0.1, 0.15) is 11.6 Å². The van der Waals surface area contributed by atoms with E-state index in [9.17, 15) is 4.79 Å². The van der Waals surface area contributed by atoms with Gasteiger partial charge in [-0.15, -0.1) is 0 Å². The first-order chi connectivity index (χ1) is 12.0. The van der Waals surface area contributed by atoms with E-state index in [0.29, 0.717) is 12.3 Å². The van der Waals surface area contributed by atoms with Gasteiger partial charge in [-0.3, -0.25) is 4.79 Å². The number of carbonyl (C=O) groups is 1. The van der Waals surface area contributed by atoms with Crippen molar-refractivity contribution in [1.29, 1.82) is 0 Å². The van der Waals surface area contributed by atoms with Crippen molar-refractivity contribution in [3.63, 3.8) is 0 Å². The molecule has 1 fully saturated rings. The number of likely N-dealkylation sites (N-methyl/N-ethyl adjacent to an activating group) is 1. The number of piperazine rings is 1. The van der Waals surface area contributed by atoms with Crippen LogP contribution in [0.4, 0.5) is 5.82 Å². The highest BCUT2D eigenvalue weighted by Crippen LogP contribution is 2.14. The van der Waals surface area contributed by atoms with Crippen LogP contribution in [0.3, 0.4) is 0 Å². The summed E-state index contributed by atoms with van der Waals surface area (Å²) in [6, 6.07) is 4.05. The highest BCUT2D eigenvalue weighted by molar-refractivity contribution is 5.79. The summed E-state index contributed by atoms with van der Waals surface area (Å²) < 4.78 is 5.09. The average Bonchev–Trinajstić information content (AvgIpc) is 2.93. The fourth-order valence-corrected chi connectivity index (χ4v) is 2.92. The van der Waals surface area contributed by atoms with Gasteiger partial charge in [0.15, 0.2) is 0 Å². The summed E-state index contributed by atoms with van der Waals surface area (Å²) in [5.41, 5.74) is 2.62. The van der Waals surface area contributed by atoms with E-state index in [1.807, 2.05) is 32.2 Å². The number of pyridine rings is 1. The zero-order chi connectivity index (χ0) is 17.8. The van der Waals surface area contributed by atoms with Crippen LogP contribution in [0.2, 0.25) is 0 Å². The molecule has 1 aliphatic heterocycles. The van der Waals surface area contributed by atoms with Crippen molar-refractivity contribution in [3.05, 3.63) is 40.9 Å². The number of amides is 1. The van der Waals surface area contributed by atoms with Crippen LogP contribution in [0.5, 0.6) is 0 Å². The molecular formula is C18H25N5O2. The first-order valence-electron chi connectivity index (χ1n) is 8.60. The van der Waals surface area contributed by atoms with Crippen LogP contribution in [0, 0.1) is 13.8 Å². The van der Waals surface area contributed by atoms with Gasteiger partial charge in [0.25, 0.3) is 0 Å². The van der Waals surface area contributed by atoms with Gasteiger partial charge in [-0.2, -0.15) is 0 Å². The molecule has 0 aliphatic carbocycles. The number of carbonyl (C=O) groups excluding carboxylic acids is 1. The molecule has 0 unspecified atom stereocenters. The van der Waals surface area contributed by atoms with Crippen LogP contribution in [0.25, 0.3) is 0 Å². The molecule has 134 valence electrons. The van der Waals surface area contributed by atoms with E-state index in [1.54, 1.807) is 0 Å². The maximum absolute atomic E-state index is 12.1. The molecule has 3 rings (SSSR count). The molecular weight excluding hydrogens is 318 g/mol. The van der Waals surface area contributed by atoms with Crippen LogP contribution in [-0.4, -0.2) is 54.2 Å². The number of hydrogen-bond acceptors (Lipinski definition) is 6. The van der Waals surface area contributed by atoms with Crippen molar-refractivity contribution >= 4 is 11.7 Å². The quantitative estimate of drug-likeness (QED) is 0.882. The lowest BCUT2D eigenvalue weighted by molar-refractivity contribution is -0.120. The minimum atomic E-state index is -0.0439. The van der Waals surface area contributed by atoms with Crippen LogP contribution in [0.15, 0.2) is 22.9 Å². The fraction of sp³-hybridized carbons (Fsp3) is 0.500. The van der Waals surface area contributed by atoms with E-state index in [-0.39, 0.29) is 12.3 Å². The number of aromatic nitrogens is 2. The molecule has 3 heterocycles. The Kier molecular flexibility index (Phi) is 5.33. The fourth-order valence-electron chi connectivity index (χ4n) is 2.92. The molecule has 1 amide bonds. The summed E-state index contributed by atoms with van der Waals surface area (Å²) in [5.74, 6) is 1.65. The monoisotopic (exact) mass is 343 g/mol. The maximum atomic E-state index is 12.1. The molecule has 7 heteroatoms. The molecule has 0 spiro atoms. The Bertz CT molecular complexity index is 698. The summed E-state index contributed by atoms with van der Waals surface area (Å²) in [4.78, 5) is 21.3. The van der Waals surface area contributed by atoms with Crippen molar-refractivity contribution in [2.45, 2.75) is 26.8 Å². The summed E-state index contributed by atoms with van der Waals surface area (Å²) in [6.07, 6.45) is 2.12. The number of aryl methyl sites for hydroxylation is 2. The Balaban J connectivity index is 1.51. The standard InChI is InChI=1S/C18H25N5O2/c1-13-16(14(2)25-21-13)10-18(24)20-12-15-4-5-17(19-11-15)23-8-6-22(3)7-9-23/h4-5,11H,6-10,12H2,1-3H3,(H,20,24). The summed E-state index contributed by atoms with van der Waals surface area (Å²) in [6.45, 7) is 8.25. The van der Waals surface area contributed by atoms with Crippen LogP contribution < -0.4 is 10.2 Å². The van der Waals surface area contributed by atoms with Crippen molar-refractivity contribution < 1.29 is 9.32 Å². The Morgan fingerprint density at radius 1 is 1.24 bits per heavy atom. The van der Waals surface area contributed by atoms with Gasteiger partial charge in [0, 0.05) is 44.5 Å². The van der Waals surface area contributed by atoms with Crippen molar-refractivity contribution in [1.82, 2.24) is 20.4 Å². The Hall–Kier alpha value is -2.41. The lowest BCUT2D eigenvalue weighted by Gasteiger charge is -2.33. The molecule has 0 saturated carbocycles. The van der Waals surface area contributed by atoms with E-state index < -0.39 is 0 Å². The largest absolute Gasteiger partial charge is 0.361 e. The van der Waals surface area contributed by atoms with Crippen LogP contribution >= 0.6 is 0 Å². The van der Waals surface area contributed by atoms with Crippen molar-refractivity contribution in [3.8, 4) is 0 Å². The third-order valence-electron chi connectivity index (χ3n) is 4.64. The van der Waals surface area contributed by atoms with Gasteiger partial charge in [-0.25, -0.2) is 4.98 Å². The normalized spacial score (nSPS) is 15.4. The van der Waals surface area contributed by atoms with Gasteiger partial charge in [0.05, 0.1) is 12.1 Å². The Morgan fingerprint density at radius 2 is 2.00 bits per heavy atom. The molecule has 7 nitrogen and oxygen atoms in total. The third-order valence-corrected chi connectivity index (χ3v) is 4.64. The molecule has 25 heavy (non-hydrogen) atoms. The summed E-state index contributed by atoms with van der Waals surface area (Å²) in [7, 11) is 2.14. The van der Waals surface area contributed by atoms with Gasteiger partial charge in [-0.1, -0.05) is 11.2 Å². The number of nitrogens with one attached hydrogen (secondary N) is 1. The smallest absolute Gasteiger partial charge is 0.224 e. The summed E-state index contributed by atoms with van der Waals surface area (Å²) >= 11 is 0. The number of hydrogen-bond donors (Lipinski definition) is 1.